The molecule has 3 rings (SSSR count). The van der Waals surface area contributed by atoms with Crippen LogP contribution in [0.1, 0.15) is 0 Å². The highest BCUT2D eigenvalue weighted by Gasteiger charge is 2.08. The van der Waals surface area contributed by atoms with Crippen molar-refractivity contribution in [3.63, 3.8) is 0 Å². The molecule has 0 aliphatic carbocycles. The molecule has 18 heavy (non-hydrogen) atoms. The van der Waals surface area contributed by atoms with Crippen LogP contribution in [0.15, 0.2) is 46.9 Å². The maximum Gasteiger partial charge on any atom is 0.135 e. The third-order valence-corrected chi connectivity index (χ3v) is 3.26. The van der Waals surface area contributed by atoms with Crippen LogP contribution in [0.25, 0.3) is 22.3 Å². The molecule has 0 atom stereocenters. The van der Waals surface area contributed by atoms with Gasteiger partial charge in [-0.05, 0) is 42.5 Å². The summed E-state index contributed by atoms with van der Waals surface area (Å²) in [6.07, 6.45) is 0. The Hall–Kier alpha value is -1.64. The zero-order valence-electron chi connectivity index (χ0n) is 9.15. The maximum atomic E-state index is 9.59. The second kappa shape index (κ2) is 4.23. The number of hydrogen-bond donors (Lipinski definition) is 1. The first-order chi connectivity index (χ1) is 8.63. The van der Waals surface area contributed by atoms with Crippen LogP contribution in [-0.4, -0.2) is 5.11 Å². The number of phenolic OH excluding ortho intramolecular Hbond substituents is 1. The smallest absolute Gasteiger partial charge is 0.135 e. The van der Waals surface area contributed by atoms with E-state index in [9.17, 15) is 5.11 Å². The number of furan rings is 1. The molecular formula is C14H8Cl2O2. The molecule has 2 nitrogen and oxygen atoms in total. The summed E-state index contributed by atoms with van der Waals surface area (Å²) >= 11 is 11.7. The second-order valence-electron chi connectivity index (χ2n) is 3.96. The van der Waals surface area contributed by atoms with E-state index >= 15 is 0 Å². The van der Waals surface area contributed by atoms with Gasteiger partial charge in [-0.15, -0.1) is 0 Å². The number of aromatic hydroxyl groups is 1. The molecule has 0 radical (unpaired) electrons. The number of halogens is 2. The largest absolute Gasteiger partial charge is 0.506 e. The summed E-state index contributed by atoms with van der Waals surface area (Å²) in [5, 5.41) is 11.5. The summed E-state index contributed by atoms with van der Waals surface area (Å²) in [7, 11) is 0. The monoisotopic (exact) mass is 278 g/mol. The van der Waals surface area contributed by atoms with Gasteiger partial charge >= 0.3 is 0 Å². The first-order valence-corrected chi connectivity index (χ1v) is 6.07. The Balaban J connectivity index is 2.16. The van der Waals surface area contributed by atoms with E-state index in [2.05, 4.69) is 0 Å². The van der Waals surface area contributed by atoms with Gasteiger partial charge in [-0.3, -0.25) is 0 Å². The van der Waals surface area contributed by atoms with Gasteiger partial charge in [0.15, 0.2) is 0 Å². The molecule has 0 saturated carbocycles. The van der Waals surface area contributed by atoms with Gasteiger partial charge in [0.2, 0.25) is 0 Å². The SMILES string of the molecule is Oc1cc(-c2cc3cc(Cl)ccc3o2)ccc1Cl. The quantitative estimate of drug-likeness (QED) is 0.671. The van der Waals surface area contributed by atoms with E-state index in [0.717, 1.165) is 16.5 Å². The molecule has 0 aliphatic heterocycles. The van der Waals surface area contributed by atoms with Gasteiger partial charge in [0.25, 0.3) is 0 Å². The van der Waals surface area contributed by atoms with Gasteiger partial charge in [-0.2, -0.15) is 0 Å². The molecule has 0 unspecified atom stereocenters. The summed E-state index contributed by atoms with van der Waals surface area (Å²) in [6, 6.07) is 12.3. The van der Waals surface area contributed by atoms with Gasteiger partial charge in [0.1, 0.15) is 17.1 Å². The minimum absolute atomic E-state index is 0.0349. The first kappa shape index (κ1) is 11.5. The molecule has 1 N–H and O–H groups in total. The van der Waals surface area contributed by atoms with Crippen LogP contribution in [-0.2, 0) is 0 Å². The highest BCUT2D eigenvalue weighted by atomic mass is 35.5. The van der Waals surface area contributed by atoms with E-state index in [1.165, 1.54) is 0 Å². The van der Waals surface area contributed by atoms with Crippen molar-refractivity contribution in [2.75, 3.05) is 0 Å². The standard InChI is InChI=1S/C14H8Cl2O2/c15-10-2-4-13-9(5-10)7-14(18-13)8-1-3-11(16)12(17)6-8/h1-7,17H. The van der Waals surface area contributed by atoms with Gasteiger partial charge in [-0.1, -0.05) is 23.2 Å². The fraction of sp³-hybridized carbons (Fsp3) is 0. The molecular weight excluding hydrogens is 271 g/mol. The van der Waals surface area contributed by atoms with Gasteiger partial charge in [0.05, 0.1) is 5.02 Å². The Bertz CT molecular complexity index is 732. The highest BCUT2D eigenvalue weighted by molar-refractivity contribution is 6.32. The fourth-order valence-electron chi connectivity index (χ4n) is 1.82. The van der Waals surface area contributed by atoms with Crippen molar-refractivity contribution in [3.05, 3.63) is 52.5 Å². The Morgan fingerprint density at radius 2 is 1.78 bits per heavy atom. The van der Waals surface area contributed by atoms with Crippen molar-refractivity contribution in [1.29, 1.82) is 0 Å². The van der Waals surface area contributed by atoms with E-state index in [1.54, 1.807) is 24.3 Å². The van der Waals surface area contributed by atoms with Crippen molar-refractivity contribution in [2.45, 2.75) is 0 Å². The molecule has 1 heterocycles. The lowest BCUT2D eigenvalue weighted by Crippen LogP contribution is -1.74. The number of fused-ring (bicyclic) bond motifs is 1. The van der Waals surface area contributed by atoms with Crippen LogP contribution in [0, 0.1) is 0 Å². The van der Waals surface area contributed by atoms with Gasteiger partial charge in [-0.25, -0.2) is 0 Å². The molecule has 0 spiro atoms. The topological polar surface area (TPSA) is 33.4 Å². The zero-order valence-corrected chi connectivity index (χ0v) is 10.7. The third-order valence-electron chi connectivity index (χ3n) is 2.71. The number of hydrogen-bond acceptors (Lipinski definition) is 2. The maximum absolute atomic E-state index is 9.59. The van der Waals surface area contributed by atoms with E-state index < -0.39 is 0 Å². The predicted octanol–water partition coefficient (Wildman–Crippen LogP) is 5.11. The normalized spacial score (nSPS) is 11.0. The Morgan fingerprint density at radius 1 is 0.944 bits per heavy atom. The fourth-order valence-corrected chi connectivity index (χ4v) is 2.12. The minimum atomic E-state index is 0.0349. The molecule has 4 heteroatoms. The van der Waals surface area contributed by atoms with Gasteiger partial charge in [0, 0.05) is 16.0 Å². The van der Waals surface area contributed by atoms with E-state index in [1.807, 2.05) is 18.2 Å². The van der Waals surface area contributed by atoms with Crippen molar-refractivity contribution in [2.24, 2.45) is 0 Å². The third kappa shape index (κ3) is 1.94. The molecule has 90 valence electrons. The summed E-state index contributed by atoms with van der Waals surface area (Å²) in [5.74, 6) is 0.701. The Kier molecular flexibility index (Phi) is 2.69. The predicted molar refractivity (Wildman–Crippen MR) is 73.3 cm³/mol. The Morgan fingerprint density at radius 3 is 2.56 bits per heavy atom. The van der Waals surface area contributed by atoms with Crippen molar-refractivity contribution in [3.8, 4) is 17.1 Å². The number of phenols is 1. The summed E-state index contributed by atoms with van der Waals surface area (Å²) < 4.78 is 5.69. The lowest BCUT2D eigenvalue weighted by Gasteiger charge is -1.99. The Labute approximate surface area is 113 Å². The lowest BCUT2D eigenvalue weighted by atomic mass is 10.1. The van der Waals surface area contributed by atoms with Crippen LogP contribution in [0.5, 0.6) is 5.75 Å². The highest BCUT2D eigenvalue weighted by Crippen LogP contribution is 2.33. The van der Waals surface area contributed by atoms with Crippen LogP contribution in [0.4, 0.5) is 0 Å². The molecule has 0 amide bonds. The van der Waals surface area contributed by atoms with Crippen molar-refractivity contribution in [1.82, 2.24) is 0 Å². The molecule has 0 aliphatic rings. The molecule has 0 saturated heterocycles. The molecule has 1 aromatic heterocycles. The molecule has 3 aromatic rings. The average Bonchev–Trinajstić information content (AvgIpc) is 2.75. The van der Waals surface area contributed by atoms with Gasteiger partial charge < -0.3 is 9.52 Å². The van der Waals surface area contributed by atoms with E-state index in [4.69, 9.17) is 27.6 Å². The zero-order chi connectivity index (χ0) is 12.7. The molecule has 0 bridgehead atoms. The lowest BCUT2D eigenvalue weighted by molar-refractivity contribution is 0.475. The van der Waals surface area contributed by atoms with Crippen LogP contribution >= 0.6 is 23.2 Å². The second-order valence-corrected chi connectivity index (χ2v) is 4.80. The molecule has 0 fully saturated rings. The van der Waals surface area contributed by atoms with Crippen molar-refractivity contribution >= 4 is 34.2 Å². The number of rotatable bonds is 1. The van der Waals surface area contributed by atoms with Crippen LogP contribution < -0.4 is 0 Å². The van der Waals surface area contributed by atoms with Crippen LogP contribution in [0.3, 0.4) is 0 Å². The number of benzene rings is 2. The summed E-state index contributed by atoms with van der Waals surface area (Å²) in [5.41, 5.74) is 1.52. The van der Waals surface area contributed by atoms with Crippen molar-refractivity contribution < 1.29 is 9.52 Å². The summed E-state index contributed by atoms with van der Waals surface area (Å²) in [6.45, 7) is 0. The van der Waals surface area contributed by atoms with E-state index in [0.29, 0.717) is 15.8 Å². The van der Waals surface area contributed by atoms with E-state index in [-0.39, 0.29) is 5.75 Å². The summed E-state index contributed by atoms with van der Waals surface area (Å²) in [4.78, 5) is 0. The van der Waals surface area contributed by atoms with Crippen LogP contribution in [0.2, 0.25) is 10.0 Å². The first-order valence-electron chi connectivity index (χ1n) is 5.31. The average molecular weight is 279 g/mol. The minimum Gasteiger partial charge on any atom is -0.506 e. The molecule has 2 aromatic carbocycles.